The fourth-order valence-corrected chi connectivity index (χ4v) is 3.70. The molecule has 11 nitrogen and oxygen atoms in total. The van der Waals surface area contributed by atoms with Crippen molar-refractivity contribution in [3.05, 3.63) is 36.0 Å². The average Bonchev–Trinajstić information content (AvgIpc) is 3.26. The summed E-state index contributed by atoms with van der Waals surface area (Å²) in [5.41, 5.74) is 7.40. The molecule has 0 spiro atoms. The minimum atomic E-state index is -1.34. The zero-order valence-corrected chi connectivity index (χ0v) is 21.1. The number of rotatable bonds is 13. The van der Waals surface area contributed by atoms with E-state index >= 15 is 0 Å². The van der Waals surface area contributed by atoms with E-state index in [1.165, 1.54) is 0 Å². The van der Waals surface area contributed by atoms with Gasteiger partial charge in [-0.2, -0.15) is 0 Å². The predicted octanol–water partition coefficient (Wildman–Crippen LogP) is 0.271. The number of aliphatic carboxylic acids is 1. The van der Waals surface area contributed by atoms with Crippen LogP contribution >= 0.6 is 0 Å². The molecule has 0 bridgehead atoms. The number of hydrogen-bond acceptors (Lipinski definition) is 6. The summed E-state index contributed by atoms with van der Waals surface area (Å²) in [7, 11) is 0. The number of carbonyl (C=O) groups is 4. The second kappa shape index (κ2) is 13.0. The molecule has 11 heteroatoms. The van der Waals surface area contributed by atoms with Crippen molar-refractivity contribution in [3.63, 3.8) is 0 Å². The molecule has 2 rings (SSSR count). The summed E-state index contributed by atoms with van der Waals surface area (Å²) in [6.07, 6.45) is 2.28. The zero-order chi connectivity index (χ0) is 27.0. The molecule has 0 fully saturated rings. The van der Waals surface area contributed by atoms with Gasteiger partial charge in [0.15, 0.2) is 0 Å². The lowest BCUT2D eigenvalue weighted by atomic mass is 9.98. The van der Waals surface area contributed by atoms with E-state index < -0.39 is 54.5 Å². The maximum absolute atomic E-state index is 13.2. The van der Waals surface area contributed by atoms with Gasteiger partial charge in [-0.05, 0) is 23.5 Å². The molecule has 5 atom stereocenters. The van der Waals surface area contributed by atoms with Crippen molar-refractivity contribution in [3.8, 4) is 0 Å². The van der Waals surface area contributed by atoms with Crippen molar-refractivity contribution < 1.29 is 29.4 Å². The molecule has 36 heavy (non-hydrogen) atoms. The van der Waals surface area contributed by atoms with Crippen LogP contribution in [0.15, 0.2) is 30.5 Å². The van der Waals surface area contributed by atoms with Crippen LogP contribution in [0.4, 0.5) is 0 Å². The Kier molecular flexibility index (Phi) is 10.4. The third-order valence-corrected chi connectivity index (χ3v) is 6.35. The molecule has 198 valence electrons. The van der Waals surface area contributed by atoms with E-state index in [0.717, 1.165) is 16.5 Å². The third kappa shape index (κ3) is 7.28. The summed E-state index contributed by atoms with van der Waals surface area (Å²) in [5.74, 6) is -3.82. The maximum atomic E-state index is 13.2. The molecule has 0 aliphatic rings. The zero-order valence-electron chi connectivity index (χ0n) is 21.1. The minimum Gasteiger partial charge on any atom is -0.480 e. The van der Waals surface area contributed by atoms with Gasteiger partial charge < -0.3 is 36.9 Å². The summed E-state index contributed by atoms with van der Waals surface area (Å²) in [5, 5.41) is 27.7. The Balaban J connectivity index is 2.29. The number of carbonyl (C=O) groups excluding carboxylic acids is 3. The molecule has 5 unspecified atom stereocenters. The monoisotopic (exact) mass is 503 g/mol. The first-order chi connectivity index (χ1) is 17.0. The Bertz CT molecular complexity index is 1070. The molecular weight excluding hydrogens is 466 g/mol. The van der Waals surface area contributed by atoms with Crippen LogP contribution in [0.1, 0.15) is 39.7 Å². The Morgan fingerprint density at radius 3 is 2.17 bits per heavy atom. The molecule has 0 saturated carbocycles. The number of aromatic amines is 1. The number of aromatic nitrogens is 1. The van der Waals surface area contributed by atoms with E-state index in [4.69, 9.17) is 5.73 Å². The summed E-state index contributed by atoms with van der Waals surface area (Å²) < 4.78 is 0. The van der Waals surface area contributed by atoms with E-state index in [2.05, 4.69) is 20.9 Å². The number of aliphatic hydroxyl groups is 1. The first-order valence-corrected chi connectivity index (χ1v) is 12.0. The number of hydrogen-bond donors (Lipinski definition) is 7. The van der Waals surface area contributed by atoms with Gasteiger partial charge in [0.05, 0.1) is 12.6 Å². The maximum Gasteiger partial charge on any atom is 0.326 e. The van der Waals surface area contributed by atoms with E-state index in [1.54, 1.807) is 27.0 Å². The summed E-state index contributed by atoms with van der Waals surface area (Å²) in [6.45, 7) is 6.30. The van der Waals surface area contributed by atoms with Gasteiger partial charge in [0.2, 0.25) is 17.7 Å². The van der Waals surface area contributed by atoms with E-state index in [-0.39, 0.29) is 18.3 Å². The highest BCUT2D eigenvalue weighted by Crippen LogP contribution is 2.19. The van der Waals surface area contributed by atoms with Gasteiger partial charge in [-0.1, -0.05) is 52.3 Å². The van der Waals surface area contributed by atoms with Crippen LogP contribution in [-0.2, 0) is 25.6 Å². The molecule has 8 N–H and O–H groups in total. The first-order valence-electron chi connectivity index (χ1n) is 12.0. The van der Waals surface area contributed by atoms with Crippen LogP contribution < -0.4 is 21.7 Å². The Morgan fingerprint density at radius 2 is 1.58 bits per heavy atom. The number of carboxylic acids is 1. The fraction of sp³-hybridized carbons (Fsp3) is 0.520. The molecule has 0 aliphatic heterocycles. The lowest BCUT2D eigenvalue weighted by Gasteiger charge is -2.26. The second-order valence-electron chi connectivity index (χ2n) is 9.35. The predicted molar refractivity (Wildman–Crippen MR) is 135 cm³/mol. The first kappa shape index (κ1) is 28.8. The summed E-state index contributed by atoms with van der Waals surface area (Å²) in [6, 6.07) is 2.87. The second-order valence-corrected chi connectivity index (χ2v) is 9.35. The van der Waals surface area contributed by atoms with E-state index in [0.29, 0.717) is 6.42 Å². The Morgan fingerprint density at radius 1 is 0.972 bits per heavy atom. The molecule has 1 aromatic heterocycles. The van der Waals surface area contributed by atoms with Crippen molar-refractivity contribution >= 4 is 34.6 Å². The van der Waals surface area contributed by atoms with Crippen LogP contribution in [-0.4, -0.2) is 69.7 Å². The average molecular weight is 504 g/mol. The Hall–Kier alpha value is -3.44. The third-order valence-electron chi connectivity index (χ3n) is 6.35. The number of para-hydroxylation sites is 1. The van der Waals surface area contributed by atoms with Crippen molar-refractivity contribution in [2.75, 3.05) is 6.61 Å². The summed E-state index contributed by atoms with van der Waals surface area (Å²) in [4.78, 5) is 53.4. The quantitative estimate of drug-likeness (QED) is 0.204. The van der Waals surface area contributed by atoms with Crippen molar-refractivity contribution in [2.45, 2.75) is 64.7 Å². The molecule has 2 aromatic rings. The molecule has 3 amide bonds. The molecule has 0 saturated heterocycles. The number of fused-ring (bicyclic) bond motifs is 1. The SMILES string of the molecule is CCC(C)C(NC(=O)C(Cc1c[nH]c2ccccc12)NC(=O)C(CO)NC(=O)C(N)C(C)C)C(=O)O. The Labute approximate surface area is 210 Å². The van der Waals surface area contributed by atoms with Crippen LogP contribution in [0, 0.1) is 11.8 Å². The summed E-state index contributed by atoms with van der Waals surface area (Å²) >= 11 is 0. The molecule has 1 aromatic carbocycles. The van der Waals surface area contributed by atoms with Gasteiger partial charge in [-0.15, -0.1) is 0 Å². The number of aliphatic hydroxyl groups excluding tert-OH is 1. The van der Waals surface area contributed by atoms with Crippen LogP contribution in [0.5, 0.6) is 0 Å². The van der Waals surface area contributed by atoms with Gasteiger partial charge in [0.1, 0.15) is 18.1 Å². The topological polar surface area (TPSA) is 187 Å². The van der Waals surface area contributed by atoms with Gasteiger partial charge in [0, 0.05) is 23.5 Å². The van der Waals surface area contributed by atoms with Crippen LogP contribution in [0.2, 0.25) is 0 Å². The standard InChI is InChI=1S/C25H37N5O6/c1-5-14(4)21(25(35)36)30-22(32)18(10-15-11-27-17-9-7-6-8-16(15)17)28-23(33)19(12-31)29-24(34)20(26)13(2)3/h6-9,11,13-14,18-21,27,31H,5,10,12,26H2,1-4H3,(H,28,33)(H,29,34)(H,30,32)(H,35,36). The largest absolute Gasteiger partial charge is 0.480 e. The van der Waals surface area contributed by atoms with Crippen molar-refractivity contribution in [2.24, 2.45) is 17.6 Å². The molecule has 0 radical (unpaired) electrons. The fourth-order valence-electron chi connectivity index (χ4n) is 3.70. The van der Waals surface area contributed by atoms with E-state index in [1.807, 2.05) is 31.2 Å². The van der Waals surface area contributed by atoms with Crippen LogP contribution in [0.3, 0.4) is 0 Å². The highest BCUT2D eigenvalue weighted by Gasteiger charge is 2.32. The van der Waals surface area contributed by atoms with Gasteiger partial charge in [0.25, 0.3) is 0 Å². The molecule has 0 aliphatic carbocycles. The minimum absolute atomic E-state index is 0.0477. The van der Waals surface area contributed by atoms with E-state index in [9.17, 15) is 29.4 Å². The number of nitrogens with two attached hydrogens (primary N) is 1. The van der Waals surface area contributed by atoms with Crippen molar-refractivity contribution in [1.29, 1.82) is 0 Å². The highest BCUT2D eigenvalue weighted by molar-refractivity contribution is 5.95. The van der Waals surface area contributed by atoms with Gasteiger partial charge in [-0.25, -0.2) is 4.79 Å². The number of benzene rings is 1. The smallest absolute Gasteiger partial charge is 0.326 e. The van der Waals surface area contributed by atoms with Crippen molar-refractivity contribution in [1.82, 2.24) is 20.9 Å². The molecule has 1 heterocycles. The number of carboxylic acid groups (broad SMARTS) is 1. The van der Waals surface area contributed by atoms with Gasteiger partial charge in [-0.3, -0.25) is 14.4 Å². The lowest BCUT2D eigenvalue weighted by Crippen LogP contribution is -2.59. The number of H-pyrrole nitrogens is 1. The van der Waals surface area contributed by atoms with Gasteiger partial charge >= 0.3 is 5.97 Å². The lowest BCUT2D eigenvalue weighted by molar-refractivity contribution is -0.143. The number of nitrogens with one attached hydrogen (secondary N) is 4. The van der Waals surface area contributed by atoms with Crippen LogP contribution in [0.25, 0.3) is 10.9 Å². The molecular formula is C25H37N5O6. The highest BCUT2D eigenvalue weighted by atomic mass is 16.4. The normalized spacial score (nSPS) is 15.5. The number of amides is 3.